The van der Waals surface area contributed by atoms with Crippen molar-refractivity contribution >= 4 is 21.6 Å². The number of hydrogen-bond donors (Lipinski definition) is 1. The Labute approximate surface area is 156 Å². The zero-order valence-corrected chi connectivity index (χ0v) is 15.5. The standard InChI is InChI=1S/C18H19FN2O5S/c1-25-16-7-6-13(20-18(22)14-4-2-3-5-15(14)19)12-17(16)27(23,24)21-8-10-26-11-9-21/h2-7,12H,8-11H2,1H3,(H,20,22). The first-order valence-corrected chi connectivity index (χ1v) is 9.69. The zero-order chi connectivity index (χ0) is 19.4. The van der Waals surface area contributed by atoms with Gasteiger partial charge in [-0.1, -0.05) is 12.1 Å². The monoisotopic (exact) mass is 394 g/mol. The Balaban J connectivity index is 1.92. The number of hydrogen-bond acceptors (Lipinski definition) is 5. The van der Waals surface area contributed by atoms with Crippen LogP contribution in [0.1, 0.15) is 10.4 Å². The predicted molar refractivity (Wildman–Crippen MR) is 96.9 cm³/mol. The van der Waals surface area contributed by atoms with Gasteiger partial charge in [0.15, 0.2) is 0 Å². The molecule has 1 N–H and O–H groups in total. The van der Waals surface area contributed by atoms with Gasteiger partial charge in [0.1, 0.15) is 16.5 Å². The van der Waals surface area contributed by atoms with Crippen LogP contribution in [0.3, 0.4) is 0 Å². The summed E-state index contributed by atoms with van der Waals surface area (Å²) in [6.07, 6.45) is 0. The lowest BCUT2D eigenvalue weighted by molar-refractivity contribution is 0.0729. The molecular formula is C18H19FN2O5S. The summed E-state index contributed by atoms with van der Waals surface area (Å²) >= 11 is 0. The molecule has 2 aromatic rings. The van der Waals surface area contributed by atoms with Crippen molar-refractivity contribution in [3.8, 4) is 5.75 Å². The number of amides is 1. The molecule has 1 aliphatic rings. The molecule has 9 heteroatoms. The lowest BCUT2D eigenvalue weighted by Crippen LogP contribution is -2.40. The number of carbonyl (C=O) groups is 1. The quantitative estimate of drug-likeness (QED) is 0.840. The number of carbonyl (C=O) groups excluding carboxylic acids is 1. The molecule has 0 bridgehead atoms. The summed E-state index contributed by atoms with van der Waals surface area (Å²) in [6, 6.07) is 9.80. The van der Waals surface area contributed by atoms with Gasteiger partial charge in [0, 0.05) is 18.8 Å². The number of sulfonamides is 1. The van der Waals surface area contributed by atoms with Gasteiger partial charge in [-0.05, 0) is 30.3 Å². The van der Waals surface area contributed by atoms with Crippen LogP contribution in [-0.4, -0.2) is 52.0 Å². The van der Waals surface area contributed by atoms with Crippen LogP contribution in [0.25, 0.3) is 0 Å². The molecule has 1 aliphatic heterocycles. The summed E-state index contributed by atoms with van der Waals surface area (Å²) in [7, 11) is -2.47. The first-order valence-electron chi connectivity index (χ1n) is 8.25. The maximum atomic E-state index is 13.8. The topological polar surface area (TPSA) is 84.9 Å². The first-order chi connectivity index (χ1) is 12.9. The molecule has 0 aromatic heterocycles. The van der Waals surface area contributed by atoms with E-state index in [0.29, 0.717) is 13.2 Å². The van der Waals surface area contributed by atoms with E-state index in [0.717, 1.165) is 0 Å². The van der Waals surface area contributed by atoms with E-state index >= 15 is 0 Å². The fraction of sp³-hybridized carbons (Fsp3) is 0.278. The molecule has 144 valence electrons. The molecule has 1 heterocycles. The average Bonchev–Trinajstić information content (AvgIpc) is 2.69. The fourth-order valence-electron chi connectivity index (χ4n) is 2.73. The van der Waals surface area contributed by atoms with Gasteiger partial charge in [0.05, 0.1) is 25.9 Å². The van der Waals surface area contributed by atoms with Crippen LogP contribution in [0.2, 0.25) is 0 Å². The van der Waals surface area contributed by atoms with Crippen molar-refractivity contribution in [1.82, 2.24) is 4.31 Å². The molecule has 0 saturated carbocycles. The zero-order valence-electron chi connectivity index (χ0n) is 14.6. The molecule has 0 aliphatic carbocycles. The minimum absolute atomic E-state index is 0.0711. The maximum absolute atomic E-state index is 13.8. The normalized spacial score (nSPS) is 15.3. The Kier molecular flexibility index (Phi) is 5.73. The van der Waals surface area contributed by atoms with E-state index in [9.17, 15) is 17.6 Å². The van der Waals surface area contributed by atoms with E-state index in [-0.39, 0.29) is 35.0 Å². The van der Waals surface area contributed by atoms with Gasteiger partial charge in [-0.2, -0.15) is 4.31 Å². The maximum Gasteiger partial charge on any atom is 0.258 e. The van der Waals surface area contributed by atoms with Crippen LogP contribution in [0.15, 0.2) is 47.4 Å². The second-order valence-electron chi connectivity index (χ2n) is 5.82. The van der Waals surface area contributed by atoms with E-state index < -0.39 is 21.7 Å². The number of methoxy groups -OCH3 is 1. The number of halogens is 1. The molecule has 27 heavy (non-hydrogen) atoms. The summed E-state index contributed by atoms with van der Waals surface area (Å²) in [6.45, 7) is 1.09. The Morgan fingerprint density at radius 3 is 2.56 bits per heavy atom. The molecule has 0 atom stereocenters. The third-order valence-electron chi connectivity index (χ3n) is 4.13. The highest BCUT2D eigenvalue weighted by Gasteiger charge is 2.29. The highest BCUT2D eigenvalue weighted by molar-refractivity contribution is 7.89. The van der Waals surface area contributed by atoms with E-state index in [1.165, 1.54) is 47.8 Å². The number of nitrogens with zero attached hydrogens (tertiary/aromatic N) is 1. The molecule has 0 unspecified atom stereocenters. The Bertz CT molecular complexity index is 943. The predicted octanol–water partition coefficient (Wildman–Crippen LogP) is 2.11. The van der Waals surface area contributed by atoms with Gasteiger partial charge >= 0.3 is 0 Å². The van der Waals surface area contributed by atoms with E-state index in [1.807, 2.05) is 0 Å². The van der Waals surface area contributed by atoms with Crippen molar-refractivity contribution in [2.45, 2.75) is 4.90 Å². The lowest BCUT2D eigenvalue weighted by Gasteiger charge is -2.26. The van der Waals surface area contributed by atoms with Crippen LogP contribution < -0.4 is 10.1 Å². The number of morpholine rings is 1. The minimum atomic E-state index is -3.83. The van der Waals surface area contributed by atoms with Crippen LogP contribution in [0, 0.1) is 5.82 Å². The molecule has 1 fully saturated rings. The van der Waals surface area contributed by atoms with Crippen molar-refractivity contribution in [2.75, 3.05) is 38.7 Å². The Morgan fingerprint density at radius 1 is 1.19 bits per heavy atom. The fourth-order valence-corrected chi connectivity index (χ4v) is 4.32. The van der Waals surface area contributed by atoms with Crippen molar-refractivity contribution in [3.05, 3.63) is 53.8 Å². The SMILES string of the molecule is COc1ccc(NC(=O)c2ccccc2F)cc1S(=O)(=O)N1CCOCC1. The molecule has 1 saturated heterocycles. The minimum Gasteiger partial charge on any atom is -0.495 e. The molecule has 0 radical (unpaired) electrons. The van der Waals surface area contributed by atoms with Crippen LogP contribution in [0.5, 0.6) is 5.75 Å². The average molecular weight is 394 g/mol. The summed E-state index contributed by atoms with van der Waals surface area (Å²) < 4.78 is 51.3. The highest BCUT2D eigenvalue weighted by atomic mass is 32.2. The summed E-state index contributed by atoms with van der Waals surface area (Å²) in [5.74, 6) is -1.18. The second kappa shape index (κ2) is 8.03. The molecule has 2 aromatic carbocycles. The van der Waals surface area contributed by atoms with Gasteiger partial charge in [0.2, 0.25) is 10.0 Å². The molecule has 1 amide bonds. The summed E-state index contributed by atoms with van der Waals surface area (Å²) in [5, 5.41) is 2.52. The number of benzene rings is 2. The van der Waals surface area contributed by atoms with Gasteiger partial charge in [-0.15, -0.1) is 0 Å². The van der Waals surface area contributed by atoms with E-state index in [2.05, 4.69) is 5.32 Å². The van der Waals surface area contributed by atoms with Gasteiger partial charge in [-0.3, -0.25) is 4.79 Å². The third-order valence-corrected chi connectivity index (χ3v) is 6.05. The Hall–Kier alpha value is -2.49. The number of anilines is 1. The molecule has 7 nitrogen and oxygen atoms in total. The number of rotatable bonds is 5. The first kappa shape index (κ1) is 19.3. The van der Waals surface area contributed by atoms with Crippen molar-refractivity contribution in [3.63, 3.8) is 0 Å². The van der Waals surface area contributed by atoms with Crippen LogP contribution >= 0.6 is 0 Å². The third kappa shape index (κ3) is 4.10. The molecular weight excluding hydrogens is 375 g/mol. The van der Waals surface area contributed by atoms with Crippen molar-refractivity contribution in [1.29, 1.82) is 0 Å². The number of nitrogens with one attached hydrogen (secondary N) is 1. The molecule has 0 spiro atoms. The highest BCUT2D eigenvalue weighted by Crippen LogP contribution is 2.30. The smallest absolute Gasteiger partial charge is 0.258 e. The largest absolute Gasteiger partial charge is 0.495 e. The van der Waals surface area contributed by atoms with Crippen molar-refractivity contribution in [2.24, 2.45) is 0 Å². The molecule has 3 rings (SSSR count). The summed E-state index contributed by atoms with van der Waals surface area (Å²) in [5.41, 5.74) is 0.0850. The van der Waals surface area contributed by atoms with E-state index in [4.69, 9.17) is 9.47 Å². The second-order valence-corrected chi connectivity index (χ2v) is 7.72. The van der Waals surface area contributed by atoms with E-state index in [1.54, 1.807) is 6.07 Å². The lowest BCUT2D eigenvalue weighted by atomic mass is 10.2. The Morgan fingerprint density at radius 2 is 1.89 bits per heavy atom. The van der Waals surface area contributed by atoms with Gasteiger partial charge in [0.25, 0.3) is 5.91 Å². The van der Waals surface area contributed by atoms with Crippen molar-refractivity contribution < 1.29 is 27.1 Å². The number of ether oxygens (including phenoxy) is 2. The van der Waals surface area contributed by atoms with Gasteiger partial charge < -0.3 is 14.8 Å². The summed E-state index contributed by atoms with van der Waals surface area (Å²) in [4.78, 5) is 12.2. The van der Waals surface area contributed by atoms with Crippen LogP contribution in [0.4, 0.5) is 10.1 Å². The van der Waals surface area contributed by atoms with Crippen LogP contribution in [-0.2, 0) is 14.8 Å². The van der Waals surface area contributed by atoms with Gasteiger partial charge in [-0.25, -0.2) is 12.8 Å².